The number of carbonyl (C=O) groups is 1. The van der Waals surface area contributed by atoms with Gasteiger partial charge in [0.05, 0.1) is 12.7 Å². The SMILES string of the molecule is Cc1noc(C)c1S(=O)(=O)N1CCCN(C(=O)[C@H]2NCCO[C@@H]2C)CC1. The van der Waals surface area contributed by atoms with Crippen molar-refractivity contribution < 1.29 is 22.5 Å². The van der Waals surface area contributed by atoms with Crippen LogP contribution in [0.4, 0.5) is 0 Å². The van der Waals surface area contributed by atoms with Gasteiger partial charge in [-0.2, -0.15) is 4.31 Å². The minimum Gasteiger partial charge on any atom is -0.375 e. The molecule has 0 aromatic carbocycles. The Balaban J connectivity index is 1.71. The van der Waals surface area contributed by atoms with Gasteiger partial charge in [0.2, 0.25) is 15.9 Å². The maximum Gasteiger partial charge on any atom is 0.248 e. The van der Waals surface area contributed by atoms with E-state index in [1.54, 1.807) is 18.7 Å². The maximum atomic E-state index is 13.0. The molecule has 2 aliphatic rings. The van der Waals surface area contributed by atoms with Crippen molar-refractivity contribution in [2.75, 3.05) is 39.3 Å². The lowest BCUT2D eigenvalue weighted by molar-refractivity contribution is -0.139. The van der Waals surface area contributed by atoms with Crippen molar-refractivity contribution in [2.24, 2.45) is 0 Å². The van der Waals surface area contributed by atoms with Crippen LogP contribution in [-0.4, -0.2) is 80.2 Å². The Morgan fingerprint density at radius 2 is 2.00 bits per heavy atom. The molecule has 10 heteroatoms. The Labute approximate surface area is 153 Å². The van der Waals surface area contributed by atoms with E-state index in [2.05, 4.69) is 10.5 Å². The fraction of sp³-hybridized carbons (Fsp3) is 0.750. The van der Waals surface area contributed by atoms with E-state index in [4.69, 9.17) is 9.26 Å². The second-order valence-electron chi connectivity index (χ2n) is 6.74. The van der Waals surface area contributed by atoms with Gasteiger partial charge in [0, 0.05) is 32.7 Å². The molecule has 146 valence electrons. The highest BCUT2D eigenvalue weighted by molar-refractivity contribution is 7.89. The van der Waals surface area contributed by atoms with Gasteiger partial charge < -0.3 is 19.5 Å². The summed E-state index contributed by atoms with van der Waals surface area (Å²) < 4.78 is 37.9. The second-order valence-corrected chi connectivity index (χ2v) is 8.62. The highest BCUT2D eigenvalue weighted by atomic mass is 32.2. The molecule has 0 saturated carbocycles. The molecule has 1 amide bonds. The van der Waals surface area contributed by atoms with Crippen LogP contribution >= 0.6 is 0 Å². The number of ether oxygens (including phenoxy) is 1. The Morgan fingerprint density at radius 1 is 1.23 bits per heavy atom. The Bertz CT molecular complexity index is 743. The summed E-state index contributed by atoms with van der Waals surface area (Å²) in [4.78, 5) is 14.7. The van der Waals surface area contributed by atoms with E-state index >= 15 is 0 Å². The lowest BCUT2D eigenvalue weighted by Crippen LogP contribution is -2.56. The summed E-state index contributed by atoms with van der Waals surface area (Å²) in [6.07, 6.45) is 0.387. The molecule has 3 rings (SSSR count). The van der Waals surface area contributed by atoms with E-state index in [0.717, 1.165) is 0 Å². The summed E-state index contributed by atoms with van der Waals surface area (Å²) in [5.74, 6) is 0.255. The van der Waals surface area contributed by atoms with Gasteiger partial charge in [-0.05, 0) is 27.2 Å². The molecule has 2 saturated heterocycles. The minimum atomic E-state index is -3.69. The molecule has 0 aliphatic carbocycles. The van der Waals surface area contributed by atoms with Crippen LogP contribution in [0.5, 0.6) is 0 Å². The van der Waals surface area contributed by atoms with E-state index in [-0.39, 0.29) is 35.3 Å². The van der Waals surface area contributed by atoms with Crippen molar-refractivity contribution >= 4 is 15.9 Å². The van der Waals surface area contributed by atoms with Gasteiger partial charge in [-0.1, -0.05) is 5.16 Å². The zero-order valence-electron chi connectivity index (χ0n) is 15.4. The first kappa shape index (κ1) is 19.3. The van der Waals surface area contributed by atoms with Crippen molar-refractivity contribution in [1.29, 1.82) is 0 Å². The van der Waals surface area contributed by atoms with Gasteiger partial charge >= 0.3 is 0 Å². The largest absolute Gasteiger partial charge is 0.375 e. The Kier molecular flexibility index (Phi) is 5.66. The number of sulfonamides is 1. The molecular weight excluding hydrogens is 360 g/mol. The van der Waals surface area contributed by atoms with Crippen LogP contribution in [0.2, 0.25) is 0 Å². The van der Waals surface area contributed by atoms with E-state index in [9.17, 15) is 13.2 Å². The molecule has 2 aliphatic heterocycles. The number of aryl methyl sites for hydroxylation is 2. The lowest BCUT2D eigenvalue weighted by Gasteiger charge is -2.33. The number of amides is 1. The van der Waals surface area contributed by atoms with Crippen LogP contribution in [0.1, 0.15) is 24.8 Å². The van der Waals surface area contributed by atoms with Crippen LogP contribution in [0.25, 0.3) is 0 Å². The normalized spacial score (nSPS) is 25.9. The number of rotatable bonds is 3. The van der Waals surface area contributed by atoms with Gasteiger partial charge in [0.25, 0.3) is 0 Å². The second kappa shape index (κ2) is 7.63. The third-order valence-electron chi connectivity index (χ3n) is 4.91. The van der Waals surface area contributed by atoms with Crippen molar-refractivity contribution in [1.82, 2.24) is 19.7 Å². The van der Waals surface area contributed by atoms with E-state index in [0.29, 0.717) is 44.9 Å². The first-order valence-corrected chi connectivity index (χ1v) is 10.3. The van der Waals surface area contributed by atoms with Crippen LogP contribution < -0.4 is 5.32 Å². The molecule has 0 bridgehead atoms. The summed E-state index contributed by atoms with van der Waals surface area (Å²) >= 11 is 0. The van der Waals surface area contributed by atoms with Crippen molar-refractivity contribution in [2.45, 2.75) is 44.2 Å². The summed E-state index contributed by atoms with van der Waals surface area (Å²) in [7, 11) is -3.69. The minimum absolute atomic E-state index is 0.0335. The Morgan fingerprint density at radius 3 is 2.65 bits per heavy atom. The third-order valence-corrected chi connectivity index (χ3v) is 7.06. The van der Waals surface area contributed by atoms with Crippen LogP contribution in [0, 0.1) is 13.8 Å². The first-order valence-electron chi connectivity index (χ1n) is 8.89. The predicted octanol–water partition coefficient (Wildman–Crippen LogP) is -0.109. The van der Waals surface area contributed by atoms with Crippen LogP contribution in [0.15, 0.2) is 9.42 Å². The molecule has 9 nitrogen and oxygen atoms in total. The summed E-state index contributed by atoms with van der Waals surface area (Å²) in [5.41, 5.74) is 0.358. The van der Waals surface area contributed by atoms with Gasteiger partial charge in [0.1, 0.15) is 16.6 Å². The zero-order valence-corrected chi connectivity index (χ0v) is 16.2. The molecule has 1 aromatic rings. The predicted molar refractivity (Wildman–Crippen MR) is 93.1 cm³/mol. The highest BCUT2D eigenvalue weighted by Crippen LogP contribution is 2.24. The summed E-state index contributed by atoms with van der Waals surface area (Å²) in [5, 5.41) is 6.94. The summed E-state index contributed by atoms with van der Waals surface area (Å²) in [6, 6.07) is -0.380. The molecule has 0 unspecified atom stereocenters. The van der Waals surface area contributed by atoms with Crippen molar-refractivity contribution in [3.05, 3.63) is 11.5 Å². The molecule has 3 heterocycles. The first-order chi connectivity index (χ1) is 12.3. The fourth-order valence-electron chi connectivity index (χ4n) is 3.53. The number of hydrogen-bond donors (Lipinski definition) is 1. The van der Waals surface area contributed by atoms with E-state index in [1.165, 1.54) is 4.31 Å². The highest BCUT2D eigenvalue weighted by Gasteiger charge is 2.36. The molecule has 2 atom stereocenters. The number of carbonyl (C=O) groups excluding carboxylic acids is 1. The topological polar surface area (TPSA) is 105 Å². The Hall–Kier alpha value is -1.49. The monoisotopic (exact) mass is 386 g/mol. The number of morpholine rings is 1. The average Bonchev–Trinajstić information content (AvgIpc) is 2.81. The standard InChI is InChI=1S/C16H26N4O5S/c1-11-15(13(3)25-18-11)26(22,23)20-7-4-6-19(8-9-20)16(21)14-12(2)24-10-5-17-14/h12,14,17H,4-10H2,1-3H3/t12-,14+/m1/s1. The summed E-state index contributed by atoms with van der Waals surface area (Å²) in [6.45, 7) is 7.81. The number of aromatic nitrogens is 1. The smallest absolute Gasteiger partial charge is 0.248 e. The number of hydrogen-bond acceptors (Lipinski definition) is 7. The third kappa shape index (κ3) is 3.64. The zero-order chi connectivity index (χ0) is 18.9. The molecule has 26 heavy (non-hydrogen) atoms. The van der Waals surface area contributed by atoms with Crippen LogP contribution in [0.3, 0.4) is 0 Å². The van der Waals surface area contributed by atoms with Gasteiger partial charge in [-0.25, -0.2) is 8.42 Å². The molecule has 0 radical (unpaired) electrons. The lowest BCUT2D eigenvalue weighted by atomic mass is 10.1. The number of nitrogens with one attached hydrogen (secondary N) is 1. The van der Waals surface area contributed by atoms with Gasteiger partial charge in [0.15, 0.2) is 5.76 Å². The van der Waals surface area contributed by atoms with Crippen LogP contribution in [-0.2, 0) is 19.6 Å². The van der Waals surface area contributed by atoms with Gasteiger partial charge in [-0.15, -0.1) is 0 Å². The van der Waals surface area contributed by atoms with Crippen molar-refractivity contribution in [3.8, 4) is 0 Å². The molecule has 1 aromatic heterocycles. The average molecular weight is 386 g/mol. The van der Waals surface area contributed by atoms with Gasteiger partial charge in [-0.3, -0.25) is 4.79 Å². The number of nitrogens with zero attached hydrogens (tertiary/aromatic N) is 3. The molecule has 0 spiro atoms. The molecule has 1 N–H and O–H groups in total. The molecular formula is C16H26N4O5S. The van der Waals surface area contributed by atoms with E-state index in [1.807, 2.05) is 6.92 Å². The maximum absolute atomic E-state index is 13.0. The fourth-order valence-corrected chi connectivity index (χ4v) is 5.29. The van der Waals surface area contributed by atoms with Crippen molar-refractivity contribution in [3.63, 3.8) is 0 Å². The van der Waals surface area contributed by atoms with E-state index < -0.39 is 10.0 Å². The molecule has 2 fully saturated rings. The quantitative estimate of drug-likeness (QED) is 0.773.